The van der Waals surface area contributed by atoms with Crippen molar-refractivity contribution in [3.8, 4) is 0 Å². The third-order valence-corrected chi connectivity index (χ3v) is 2.29. The fourth-order valence-electron chi connectivity index (χ4n) is 1.56. The lowest BCUT2D eigenvalue weighted by Crippen LogP contribution is -2.27. The van der Waals surface area contributed by atoms with E-state index >= 15 is 0 Å². The lowest BCUT2D eigenvalue weighted by molar-refractivity contribution is 0.750. The van der Waals surface area contributed by atoms with Gasteiger partial charge in [-0.05, 0) is 19.4 Å². The summed E-state index contributed by atoms with van der Waals surface area (Å²) in [5, 5.41) is 0. The third-order valence-electron chi connectivity index (χ3n) is 2.29. The van der Waals surface area contributed by atoms with Gasteiger partial charge >= 0.3 is 0 Å². The average Bonchev–Trinajstić information content (AvgIpc) is 2.52. The highest BCUT2D eigenvalue weighted by atomic mass is 35.5. The lowest BCUT2D eigenvalue weighted by atomic mass is 10.3. The summed E-state index contributed by atoms with van der Waals surface area (Å²) >= 11 is 0. The summed E-state index contributed by atoms with van der Waals surface area (Å²) in [7, 11) is 0. The molecule has 2 heterocycles. The minimum Gasteiger partial charge on any atom is -0.339 e. The molecule has 1 saturated heterocycles. The van der Waals surface area contributed by atoms with Crippen molar-refractivity contribution in [1.82, 2.24) is 9.97 Å². The van der Waals surface area contributed by atoms with E-state index in [1.54, 1.807) is 6.20 Å². The van der Waals surface area contributed by atoms with Crippen LogP contribution in [0.1, 0.15) is 12.1 Å². The van der Waals surface area contributed by atoms with Crippen LogP contribution >= 0.6 is 12.4 Å². The molecule has 78 valence electrons. The molecule has 0 unspecified atom stereocenters. The zero-order valence-corrected chi connectivity index (χ0v) is 9.00. The topological polar surface area (TPSA) is 55.0 Å². The van der Waals surface area contributed by atoms with Gasteiger partial charge in [0.05, 0.1) is 0 Å². The maximum atomic E-state index is 5.80. The molecule has 5 heteroatoms. The number of rotatable bonds is 1. The summed E-state index contributed by atoms with van der Waals surface area (Å²) < 4.78 is 0. The second-order valence-corrected chi connectivity index (χ2v) is 3.49. The van der Waals surface area contributed by atoms with Gasteiger partial charge in [0.2, 0.25) is 5.95 Å². The van der Waals surface area contributed by atoms with Crippen LogP contribution in [0.25, 0.3) is 0 Å². The molecule has 1 aromatic heterocycles. The Labute approximate surface area is 89.9 Å². The fraction of sp³-hybridized carbons (Fsp3) is 0.556. The smallest absolute Gasteiger partial charge is 0.225 e. The van der Waals surface area contributed by atoms with Crippen LogP contribution in [0.4, 0.5) is 5.95 Å². The highest BCUT2D eigenvalue weighted by Crippen LogP contribution is 2.14. The molecule has 0 radical (unpaired) electrons. The molecule has 0 aromatic carbocycles. The second-order valence-electron chi connectivity index (χ2n) is 3.49. The maximum Gasteiger partial charge on any atom is 0.225 e. The van der Waals surface area contributed by atoms with E-state index in [4.69, 9.17) is 5.73 Å². The molecule has 1 fully saturated rings. The first-order valence-corrected chi connectivity index (χ1v) is 4.56. The molecule has 0 saturated carbocycles. The molecule has 2 N–H and O–H groups in total. The number of halogens is 1. The molecule has 1 aliphatic heterocycles. The summed E-state index contributed by atoms with van der Waals surface area (Å²) in [6.07, 6.45) is 2.83. The average molecular weight is 215 g/mol. The molecule has 14 heavy (non-hydrogen) atoms. The maximum absolute atomic E-state index is 5.80. The number of anilines is 1. The van der Waals surface area contributed by atoms with Crippen molar-refractivity contribution in [3.05, 3.63) is 18.0 Å². The van der Waals surface area contributed by atoms with Gasteiger partial charge in [-0.3, -0.25) is 0 Å². The Kier molecular flexibility index (Phi) is 3.66. The Balaban J connectivity index is 0.000000980. The van der Waals surface area contributed by atoms with Gasteiger partial charge < -0.3 is 10.6 Å². The largest absolute Gasteiger partial charge is 0.339 e. The fourth-order valence-corrected chi connectivity index (χ4v) is 1.56. The van der Waals surface area contributed by atoms with E-state index in [0.29, 0.717) is 0 Å². The Bertz CT molecular complexity index is 305. The van der Waals surface area contributed by atoms with E-state index in [1.165, 1.54) is 0 Å². The van der Waals surface area contributed by atoms with Crippen LogP contribution < -0.4 is 10.6 Å². The summed E-state index contributed by atoms with van der Waals surface area (Å²) in [5.41, 5.74) is 6.81. The number of hydrogen-bond donors (Lipinski definition) is 1. The van der Waals surface area contributed by atoms with Crippen LogP contribution in [0.3, 0.4) is 0 Å². The Morgan fingerprint density at radius 1 is 1.57 bits per heavy atom. The van der Waals surface area contributed by atoms with E-state index in [-0.39, 0.29) is 18.4 Å². The van der Waals surface area contributed by atoms with E-state index < -0.39 is 0 Å². The third kappa shape index (κ3) is 2.33. The van der Waals surface area contributed by atoms with Crippen molar-refractivity contribution in [2.24, 2.45) is 5.73 Å². The summed E-state index contributed by atoms with van der Waals surface area (Å²) in [6.45, 7) is 3.83. The first-order chi connectivity index (χ1) is 6.25. The molecule has 1 aromatic rings. The molecule has 0 amide bonds. The Hall–Kier alpha value is -0.870. The van der Waals surface area contributed by atoms with Gasteiger partial charge in [-0.2, -0.15) is 0 Å². The molecule has 0 aliphatic carbocycles. The van der Waals surface area contributed by atoms with Crippen LogP contribution in [-0.4, -0.2) is 29.1 Å². The zero-order chi connectivity index (χ0) is 9.26. The first kappa shape index (κ1) is 11.2. The van der Waals surface area contributed by atoms with Gasteiger partial charge in [0, 0.05) is 31.0 Å². The van der Waals surface area contributed by atoms with Crippen LogP contribution in [0, 0.1) is 6.92 Å². The van der Waals surface area contributed by atoms with E-state index in [2.05, 4.69) is 14.9 Å². The quantitative estimate of drug-likeness (QED) is 0.750. The predicted molar refractivity (Wildman–Crippen MR) is 58.8 cm³/mol. The van der Waals surface area contributed by atoms with Crippen LogP contribution in [0.15, 0.2) is 12.3 Å². The predicted octanol–water partition coefficient (Wildman–Crippen LogP) is 0.744. The Morgan fingerprint density at radius 2 is 2.36 bits per heavy atom. The second kappa shape index (κ2) is 4.57. The normalized spacial score (nSPS) is 20.7. The van der Waals surface area contributed by atoms with Gasteiger partial charge in [0.15, 0.2) is 0 Å². The number of aryl methyl sites for hydroxylation is 1. The minimum atomic E-state index is 0. The molecule has 0 bridgehead atoms. The van der Waals surface area contributed by atoms with Crippen molar-refractivity contribution in [3.63, 3.8) is 0 Å². The molecule has 2 rings (SSSR count). The molecular weight excluding hydrogens is 200 g/mol. The minimum absolute atomic E-state index is 0. The van der Waals surface area contributed by atoms with Gasteiger partial charge in [-0.1, -0.05) is 0 Å². The van der Waals surface area contributed by atoms with E-state index in [0.717, 1.165) is 31.2 Å². The van der Waals surface area contributed by atoms with Gasteiger partial charge in [0.1, 0.15) is 0 Å². The van der Waals surface area contributed by atoms with Crippen molar-refractivity contribution in [2.45, 2.75) is 19.4 Å². The zero-order valence-electron chi connectivity index (χ0n) is 8.18. The lowest BCUT2D eigenvalue weighted by Gasteiger charge is -2.15. The van der Waals surface area contributed by atoms with Gasteiger partial charge in [0.25, 0.3) is 0 Å². The first-order valence-electron chi connectivity index (χ1n) is 4.56. The highest BCUT2D eigenvalue weighted by molar-refractivity contribution is 5.85. The van der Waals surface area contributed by atoms with E-state index in [1.807, 2.05) is 13.0 Å². The van der Waals surface area contributed by atoms with Crippen molar-refractivity contribution in [2.75, 3.05) is 18.0 Å². The molecule has 1 atom stereocenters. The van der Waals surface area contributed by atoms with Crippen LogP contribution in [-0.2, 0) is 0 Å². The van der Waals surface area contributed by atoms with E-state index in [9.17, 15) is 0 Å². The standard InChI is InChI=1S/C9H14N4.ClH/c1-7-2-4-11-9(12-7)13-5-3-8(10)6-13;/h2,4,8H,3,5-6,10H2,1H3;1H/t8-;/m1./s1. The number of aromatic nitrogens is 2. The molecule has 0 spiro atoms. The number of nitrogens with zero attached hydrogens (tertiary/aromatic N) is 3. The molecule has 1 aliphatic rings. The number of nitrogens with two attached hydrogens (primary N) is 1. The SMILES string of the molecule is Cc1ccnc(N2CC[C@@H](N)C2)n1.Cl. The molecular formula is C9H15ClN4. The molecule has 4 nitrogen and oxygen atoms in total. The highest BCUT2D eigenvalue weighted by Gasteiger charge is 2.20. The van der Waals surface area contributed by atoms with Gasteiger partial charge in [-0.15, -0.1) is 12.4 Å². The summed E-state index contributed by atoms with van der Waals surface area (Å²) in [5.74, 6) is 0.813. The van der Waals surface area contributed by atoms with Crippen molar-refractivity contribution < 1.29 is 0 Å². The monoisotopic (exact) mass is 214 g/mol. The van der Waals surface area contributed by atoms with Crippen LogP contribution in [0.5, 0.6) is 0 Å². The van der Waals surface area contributed by atoms with Crippen molar-refractivity contribution >= 4 is 18.4 Å². The van der Waals surface area contributed by atoms with Crippen molar-refractivity contribution in [1.29, 1.82) is 0 Å². The van der Waals surface area contributed by atoms with Gasteiger partial charge in [-0.25, -0.2) is 9.97 Å². The van der Waals surface area contributed by atoms with Crippen LogP contribution in [0.2, 0.25) is 0 Å². The summed E-state index contributed by atoms with van der Waals surface area (Å²) in [4.78, 5) is 10.7. The Morgan fingerprint density at radius 3 is 2.93 bits per heavy atom. The summed E-state index contributed by atoms with van der Waals surface area (Å²) in [6, 6.07) is 2.18. The number of hydrogen-bond acceptors (Lipinski definition) is 4.